The minimum absolute atomic E-state index is 0.0793. The molecule has 4 nitrogen and oxygen atoms in total. The molecule has 1 N–H and O–H groups in total. The Bertz CT molecular complexity index is 248. The summed E-state index contributed by atoms with van der Waals surface area (Å²) in [7, 11) is 1.32. The third-order valence-corrected chi connectivity index (χ3v) is 2.51. The number of hydrogen-bond donors (Lipinski definition) is 1. The van der Waals surface area contributed by atoms with Crippen LogP contribution in [0.15, 0.2) is 0 Å². The Hall–Kier alpha value is -0.710. The highest BCUT2D eigenvalue weighted by atomic mass is 32.2. The Kier molecular flexibility index (Phi) is 6.48. The fourth-order valence-electron chi connectivity index (χ4n) is 1.20. The minimum Gasteiger partial charge on any atom is -0.467 e. The number of methoxy groups -OCH3 is 1. The molecule has 1 amide bonds. The maximum Gasteiger partial charge on any atom is 0.329 e. The van der Waals surface area contributed by atoms with Crippen LogP contribution in [0.1, 0.15) is 27.2 Å². The minimum atomic E-state index is -0.546. The predicted octanol–water partition coefficient (Wildman–Crippen LogP) is 1.44. The molecule has 94 valence electrons. The molecule has 0 aromatic rings. The van der Waals surface area contributed by atoms with E-state index in [0.29, 0.717) is 12.2 Å². The van der Waals surface area contributed by atoms with Gasteiger partial charge in [0.15, 0.2) is 0 Å². The lowest BCUT2D eigenvalue weighted by Crippen LogP contribution is -2.44. The molecule has 0 aromatic heterocycles. The summed E-state index contributed by atoms with van der Waals surface area (Å²) in [6.45, 7) is 5.94. The number of nitrogens with one attached hydrogen (secondary N) is 1. The van der Waals surface area contributed by atoms with E-state index in [2.05, 4.69) is 10.1 Å². The summed E-state index contributed by atoms with van der Waals surface area (Å²) in [6, 6.07) is -0.546. The molecule has 0 saturated carbocycles. The monoisotopic (exact) mass is 247 g/mol. The molecule has 16 heavy (non-hydrogen) atoms. The van der Waals surface area contributed by atoms with E-state index in [0.717, 1.165) is 0 Å². The van der Waals surface area contributed by atoms with Crippen molar-refractivity contribution in [2.24, 2.45) is 5.41 Å². The first-order valence-corrected chi connectivity index (χ1v) is 6.55. The van der Waals surface area contributed by atoms with E-state index < -0.39 is 12.0 Å². The van der Waals surface area contributed by atoms with Crippen LogP contribution in [-0.4, -0.2) is 37.0 Å². The molecule has 0 rings (SSSR count). The van der Waals surface area contributed by atoms with Crippen molar-refractivity contribution >= 4 is 23.6 Å². The van der Waals surface area contributed by atoms with E-state index in [1.807, 2.05) is 27.0 Å². The van der Waals surface area contributed by atoms with E-state index in [1.54, 1.807) is 0 Å². The lowest BCUT2D eigenvalue weighted by molar-refractivity contribution is -0.144. The summed E-state index contributed by atoms with van der Waals surface area (Å²) in [5.74, 6) is 0.0243. The van der Waals surface area contributed by atoms with Crippen molar-refractivity contribution in [3.8, 4) is 0 Å². The van der Waals surface area contributed by atoms with Crippen molar-refractivity contribution in [1.29, 1.82) is 0 Å². The van der Waals surface area contributed by atoms with Crippen molar-refractivity contribution in [2.45, 2.75) is 33.2 Å². The summed E-state index contributed by atoms with van der Waals surface area (Å²) in [6.07, 6.45) is 2.28. The molecular weight excluding hydrogens is 226 g/mol. The topological polar surface area (TPSA) is 55.4 Å². The summed E-state index contributed by atoms with van der Waals surface area (Å²) >= 11 is 1.50. The van der Waals surface area contributed by atoms with Gasteiger partial charge in [-0.15, -0.1) is 0 Å². The van der Waals surface area contributed by atoms with Crippen molar-refractivity contribution in [2.75, 3.05) is 19.1 Å². The number of hydrogen-bond acceptors (Lipinski definition) is 4. The third-order valence-electron chi connectivity index (χ3n) is 1.85. The zero-order valence-corrected chi connectivity index (χ0v) is 11.4. The maximum atomic E-state index is 11.6. The van der Waals surface area contributed by atoms with E-state index in [1.165, 1.54) is 18.9 Å². The number of thioether (sulfide) groups is 1. The Morgan fingerprint density at radius 1 is 1.38 bits per heavy atom. The smallest absolute Gasteiger partial charge is 0.329 e. The predicted molar refractivity (Wildman–Crippen MR) is 66.4 cm³/mol. The second-order valence-corrected chi connectivity index (χ2v) is 5.75. The molecule has 0 fully saturated rings. The van der Waals surface area contributed by atoms with E-state index in [-0.39, 0.29) is 11.3 Å². The first-order chi connectivity index (χ1) is 7.30. The zero-order chi connectivity index (χ0) is 12.8. The van der Waals surface area contributed by atoms with Gasteiger partial charge in [0.1, 0.15) is 6.04 Å². The van der Waals surface area contributed by atoms with Gasteiger partial charge in [-0.2, -0.15) is 11.8 Å². The van der Waals surface area contributed by atoms with Crippen LogP contribution in [-0.2, 0) is 14.3 Å². The lowest BCUT2D eigenvalue weighted by atomic mass is 9.92. The number of rotatable bonds is 5. The van der Waals surface area contributed by atoms with Gasteiger partial charge in [-0.25, -0.2) is 4.79 Å². The van der Waals surface area contributed by atoms with Crippen LogP contribution in [0.4, 0.5) is 0 Å². The molecule has 0 spiro atoms. The summed E-state index contributed by atoms with van der Waals surface area (Å²) < 4.78 is 4.63. The molecule has 0 saturated heterocycles. The van der Waals surface area contributed by atoms with E-state index >= 15 is 0 Å². The van der Waals surface area contributed by atoms with Crippen LogP contribution in [0.3, 0.4) is 0 Å². The highest BCUT2D eigenvalue weighted by Crippen LogP contribution is 2.18. The summed E-state index contributed by atoms with van der Waals surface area (Å²) in [4.78, 5) is 23.0. The number of carbonyl (C=O) groups is 2. The molecule has 5 heteroatoms. The molecule has 0 radical (unpaired) electrons. The number of carbonyl (C=O) groups excluding carboxylic acids is 2. The largest absolute Gasteiger partial charge is 0.467 e. The van der Waals surface area contributed by atoms with Crippen LogP contribution in [0.2, 0.25) is 0 Å². The van der Waals surface area contributed by atoms with Gasteiger partial charge in [0, 0.05) is 12.2 Å². The van der Waals surface area contributed by atoms with Gasteiger partial charge < -0.3 is 10.1 Å². The van der Waals surface area contributed by atoms with Gasteiger partial charge in [0.2, 0.25) is 5.91 Å². The highest BCUT2D eigenvalue weighted by molar-refractivity contribution is 7.98. The van der Waals surface area contributed by atoms with Crippen LogP contribution >= 0.6 is 11.8 Å². The van der Waals surface area contributed by atoms with Crippen LogP contribution in [0, 0.1) is 5.41 Å². The fourth-order valence-corrected chi connectivity index (χ4v) is 1.76. The summed E-state index contributed by atoms with van der Waals surface area (Å²) in [5.41, 5.74) is -0.0793. The first kappa shape index (κ1) is 15.3. The lowest BCUT2D eigenvalue weighted by Gasteiger charge is -2.20. The Morgan fingerprint density at radius 3 is 2.31 bits per heavy atom. The second kappa shape index (κ2) is 6.78. The van der Waals surface area contributed by atoms with Crippen molar-refractivity contribution in [1.82, 2.24) is 5.32 Å². The fraction of sp³-hybridized carbons (Fsp3) is 0.818. The molecule has 1 atom stereocenters. The van der Waals surface area contributed by atoms with Crippen molar-refractivity contribution in [3.05, 3.63) is 0 Å². The van der Waals surface area contributed by atoms with Crippen LogP contribution in [0.25, 0.3) is 0 Å². The molecule has 0 heterocycles. The number of ether oxygens (including phenoxy) is 1. The van der Waals surface area contributed by atoms with Crippen molar-refractivity contribution < 1.29 is 14.3 Å². The molecule has 0 aromatic carbocycles. The van der Waals surface area contributed by atoms with Gasteiger partial charge in [-0.1, -0.05) is 20.8 Å². The SMILES string of the molecule is COC(=O)C(CSC)NC(=O)CC(C)(C)C. The standard InChI is InChI=1S/C11H21NO3S/c1-11(2,3)6-9(13)12-8(7-16-5)10(14)15-4/h8H,6-7H2,1-5H3,(H,12,13). The average molecular weight is 247 g/mol. The highest BCUT2D eigenvalue weighted by Gasteiger charge is 2.23. The molecule has 0 aliphatic heterocycles. The molecular formula is C11H21NO3S. The third kappa shape index (κ3) is 6.71. The molecule has 1 unspecified atom stereocenters. The molecule has 0 aliphatic rings. The normalized spacial score (nSPS) is 13.1. The Balaban J connectivity index is 4.29. The van der Waals surface area contributed by atoms with Gasteiger partial charge in [-0.3, -0.25) is 4.79 Å². The molecule has 0 bridgehead atoms. The van der Waals surface area contributed by atoms with Gasteiger partial charge in [0.25, 0.3) is 0 Å². The second-order valence-electron chi connectivity index (χ2n) is 4.84. The van der Waals surface area contributed by atoms with Crippen molar-refractivity contribution in [3.63, 3.8) is 0 Å². The number of amides is 1. The van der Waals surface area contributed by atoms with Gasteiger partial charge in [0.05, 0.1) is 7.11 Å². The molecule has 0 aliphatic carbocycles. The zero-order valence-electron chi connectivity index (χ0n) is 10.6. The Labute approximate surface area is 101 Å². The van der Waals surface area contributed by atoms with Gasteiger partial charge in [-0.05, 0) is 11.7 Å². The van der Waals surface area contributed by atoms with E-state index in [4.69, 9.17) is 0 Å². The quantitative estimate of drug-likeness (QED) is 0.747. The van der Waals surface area contributed by atoms with Crippen LogP contribution in [0.5, 0.6) is 0 Å². The van der Waals surface area contributed by atoms with Crippen LogP contribution < -0.4 is 5.32 Å². The van der Waals surface area contributed by atoms with E-state index in [9.17, 15) is 9.59 Å². The Morgan fingerprint density at radius 2 is 1.94 bits per heavy atom. The maximum absolute atomic E-state index is 11.6. The summed E-state index contributed by atoms with van der Waals surface area (Å²) in [5, 5.41) is 2.69. The first-order valence-electron chi connectivity index (χ1n) is 5.16. The van der Waals surface area contributed by atoms with Gasteiger partial charge >= 0.3 is 5.97 Å². The number of esters is 1. The average Bonchev–Trinajstić information content (AvgIpc) is 2.13.